The molecule has 0 spiro atoms. The lowest BCUT2D eigenvalue weighted by Crippen LogP contribution is -2.40. The number of rotatable bonds is 6. The molecule has 0 radical (unpaired) electrons. The van der Waals surface area contributed by atoms with Crippen molar-refractivity contribution < 1.29 is 4.74 Å². The van der Waals surface area contributed by atoms with Gasteiger partial charge in [-0.05, 0) is 69.2 Å². The minimum absolute atomic E-state index is 0.555. The van der Waals surface area contributed by atoms with Crippen molar-refractivity contribution in [2.45, 2.75) is 77.9 Å². The Kier molecular flexibility index (Phi) is 6.15. The van der Waals surface area contributed by atoms with Crippen molar-refractivity contribution in [3.8, 4) is 0 Å². The number of hydrogen-bond donors (Lipinski definition) is 1. The Hall–Kier alpha value is -0.0800. The second kappa shape index (κ2) is 7.64. The highest BCUT2D eigenvalue weighted by Gasteiger charge is 2.30. The Bertz CT molecular complexity index is 240. The van der Waals surface area contributed by atoms with E-state index in [-0.39, 0.29) is 0 Å². The lowest BCUT2D eigenvalue weighted by Gasteiger charge is -2.37. The van der Waals surface area contributed by atoms with Gasteiger partial charge in [0, 0.05) is 12.6 Å². The number of hydrogen-bond acceptors (Lipinski definition) is 2. The van der Waals surface area contributed by atoms with Gasteiger partial charge in [-0.2, -0.15) is 0 Å². The molecule has 0 amide bonds. The molecule has 0 bridgehead atoms. The Morgan fingerprint density at radius 2 is 1.89 bits per heavy atom. The van der Waals surface area contributed by atoms with E-state index in [9.17, 15) is 0 Å². The van der Waals surface area contributed by atoms with Gasteiger partial charge in [0.15, 0.2) is 0 Å². The van der Waals surface area contributed by atoms with Crippen LogP contribution >= 0.6 is 0 Å². The molecule has 4 unspecified atom stereocenters. The summed E-state index contributed by atoms with van der Waals surface area (Å²) in [7, 11) is 0. The largest absolute Gasteiger partial charge is 0.378 e. The van der Waals surface area contributed by atoms with Gasteiger partial charge < -0.3 is 10.1 Å². The average molecular weight is 267 g/mol. The fraction of sp³-hybridized carbons (Fsp3) is 1.00. The molecule has 2 heteroatoms. The van der Waals surface area contributed by atoms with Crippen LogP contribution in [0.2, 0.25) is 0 Å². The Labute approximate surface area is 119 Å². The van der Waals surface area contributed by atoms with Crippen LogP contribution < -0.4 is 5.32 Å². The first-order valence-corrected chi connectivity index (χ1v) is 8.54. The molecule has 1 aliphatic heterocycles. The van der Waals surface area contributed by atoms with E-state index < -0.39 is 0 Å². The molecule has 0 aromatic rings. The van der Waals surface area contributed by atoms with Crippen LogP contribution in [0.4, 0.5) is 0 Å². The molecule has 1 saturated carbocycles. The molecule has 0 aromatic heterocycles. The smallest absolute Gasteiger partial charge is 0.0576 e. The highest BCUT2D eigenvalue weighted by atomic mass is 16.5. The van der Waals surface area contributed by atoms with Gasteiger partial charge in [0.2, 0.25) is 0 Å². The van der Waals surface area contributed by atoms with Crippen molar-refractivity contribution >= 4 is 0 Å². The van der Waals surface area contributed by atoms with Crippen LogP contribution in [0.1, 0.15) is 65.7 Å². The summed E-state index contributed by atoms with van der Waals surface area (Å²) in [6.07, 6.45) is 9.96. The molecule has 19 heavy (non-hydrogen) atoms. The molecule has 2 rings (SSSR count). The van der Waals surface area contributed by atoms with Crippen molar-refractivity contribution in [3.63, 3.8) is 0 Å². The van der Waals surface area contributed by atoms with Gasteiger partial charge in [-0.15, -0.1) is 0 Å². The summed E-state index contributed by atoms with van der Waals surface area (Å²) >= 11 is 0. The van der Waals surface area contributed by atoms with E-state index in [1.54, 1.807) is 0 Å². The molecule has 0 aromatic carbocycles. The third-order valence-electron chi connectivity index (χ3n) is 5.07. The molecule has 1 aliphatic carbocycles. The van der Waals surface area contributed by atoms with E-state index in [2.05, 4.69) is 26.1 Å². The minimum Gasteiger partial charge on any atom is -0.378 e. The van der Waals surface area contributed by atoms with Gasteiger partial charge in [0.05, 0.1) is 6.10 Å². The van der Waals surface area contributed by atoms with E-state index in [4.69, 9.17) is 4.74 Å². The van der Waals surface area contributed by atoms with Gasteiger partial charge in [0.25, 0.3) is 0 Å². The first-order chi connectivity index (χ1) is 9.19. The SMILES string of the molecule is CCNC(CCC1CCCO1)C1CC(C)CC(C)C1. The van der Waals surface area contributed by atoms with E-state index in [1.165, 1.54) is 44.9 Å². The third-order valence-corrected chi connectivity index (χ3v) is 5.07. The summed E-state index contributed by atoms with van der Waals surface area (Å²) in [4.78, 5) is 0. The highest BCUT2D eigenvalue weighted by molar-refractivity contribution is 4.84. The van der Waals surface area contributed by atoms with Crippen LogP contribution in [0.3, 0.4) is 0 Å². The second-order valence-electron chi connectivity index (χ2n) is 7.05. The summed E-state index contributed by atoms with van der Waals surface area (Å²) < 4.78 is 5.78. The molecule has 2 aliphatic rings. The fourth-order valence-electron chi connectivity index (χ4n) is 4.34. The highest BCUT2D eigenvalue weighted by Crippen LogP contribution is 2.36. The van der Waals surface area contributed by atoms with Gasteiger partial charge in [-0.3, -0.25) is 0 Å². The van der Waals surface area contributed by atoms with E-state index in [0.717, 1.165) is 36.9 Å². The van der Waals surface area contributed by atoms with Gasteiger partial charge in [0.1, 0.15) is 0 Å². The van der Waals surface area contributed by atoms with Gasteiger partial charge in [-0.1, -0.05) is 20.8 Å². The minimum atomic E-state index is 0.555. The van der Waals surface area contributed by atoms with Crippen molar-refractivity contribution in [2.24, 2.45) is 17.8 Å². The predicted molar refractivity (Wildman–Crippen MR) is 81.3 cm³/mol. The van der Waals surface area contributed by atoms with E-state index in [0.29, 0.717) is 6.10 Å². The van der Waals surface area contributed by atoms with E-state index >= 15 is 0 Å². The van der Waals surface area contributed by atoms with Crippen molar-refractivity contribution in [2.75, 3.05) is 13.2 Å². The van der Waals surface area contributed by atoms with Crippen LogP contribution in [-0.2, 0) is 4.74 Å². The zero-order valence-corrected chi connectivity index (χ0v) is 13.2. The van der Waals surface area contributed by atoms with Gasteiger partial charge >= 0.3 is 0 Å². The van der Waals surface area contributed by atoms with Crippen molar-refractivity contribution in [1.29, 1.82) is 0 Å². The quantitative estimate of drug-likeness (QED) is 0.785. The molecular weight excluding hydrogens is 234 g/mol. The zero-order valence-electron chi connectivity index (χ0n) is 13.2. The maximum atomic E-state index is 5.78. The summed E-state index contributed by atoms with van der Waals surface area (Å²) in [5, 5.41) is 3.76. The number of nitrogens with one attached hydrogen (secondary N) is 1. The maximum Gasteiger partial charge on any atom is 0.0576 e. The van der Waals surface area contributed by atoms with Gasteiger partial charge in [-0.25, -0.2) is 0 Å². The molecule has 4 atom stereocenters. The Balaban J connectivity index is 1.82. The molecule has 1 N–H and O–H groups in total. The summed E-state index contributed by atoms with van der Waals surface area (Å²) in [6, 6.07) is 0.722. The predicted octanol–water partition coefficient (Wildman–Crippen LogP) is 4.00. The Morgan fingerprint density at radius 1 is 1.16 bits per heavy atom. The average Bonchev–Trinajstić information content (AvgIpc) is 2.86. The zero-order chi connectivity index (χ0) is 13.7. The number of ether oxygens (including phenoxy) is 1. The van der Waals surface area contributed by atoms with E-state index in [1.807, 2.05) is 0 Å². The summed E-state index contributed by atoms with van der Waals surface area (Å²) in [6.45, 7) is 9.22. The van der Waals surface area contributed by atoms with Crippen molar-refractivity contribution in [3.05, 3.63) is 0 Å². The molecule has 2 fully saturated rings. The standard InChI is InChI=1S/C17H33NO/c1-4-18-17(8-7-16-6-5-9-19-16)15-11-13(2)10-14(3)12-15/h13-18H,4-12H2,1-3H3. The maximum absolute atomic E-state index is 5.78. The third kappa shape index (κ3) is 4.75. The summed E-state index contributed by atoms with van der Waals surface area (Å²) in [5.74, 6) is 2.72. The fourth-order valence-corrected chi connectivity index (χ4v) is 4.34. The van der Waals surface area contributed by atoms with Crippen molar-refractivity contribution in [1.82, 2.24) is 5.32 Å². The van der Waals surface area contributed by atoms with Crippen LogP contribution in [0.25, 0.3) is 0 Å². The molecule has 2 nitrogen and oxygen atoms in total. The lowest BCUT2D eigenvalue weighted by molar-refractivity contribution is 0.0920. The normalized spacial score (nSPS) is 37.4. The lowest BCUT2D eigenvalue weighted by atomic mass is 9.73. The second-order valence-corrected chi connectivity index (χ2v) is 7.05. The first kappa shape index (κ1) is 15.3. The molecule has 112 valence electrons. The van der Waals surface area contributed by atoms with Crippen LogP contribution in [0, 0.1) is 17.8 Å². The van der Waals surface area contributed by atoms with Crippen LogP contribution in [-0.4, -0.2) is 25.3 Å². The first-order valence-electron chi connectivity index (χ1n) is 8.54. The van der Waals surface area contributed by atoms with Crippen LogP contribution in [0.5, 0.6) is 0 Å². The summed E-state index contributed by atoms with van der Waals surface area (Å²) in [5.41, 5.74) is 0. The Morgan fingerprint density at radius 3 is 2.47 bits per heavy atom. The molecule has 1 heterocycles. The topological polar surface area (TPSA) is 21.3 Å². The molecule has 1 saturated heterocycles. The van der Waals surface area contributed by atoms with Crippen LogP contribution in [0.15, 0.2) is 0 Å². The molecular formula is C17H33NO. The monoisotopic (exact) mass is 267 g/mol.